The molecule has 6 heteroatoms. The van der Waals surface area contributed by atoms with E-state index in [2.05, 4.69) is 0 Å². The maximum atomic E-state index is 12.4. The molecule has 5 atom stereocenters. The third-order valence-corrected chi connectivity index (χ3v) is 4.48. The molecule has 1 N–H and O–H groups in total. The highest BCUT2D eigenvalue weighted by Crippen LogP contribution is 2.49. The Morgan fingerprint density at radius 3 is 2.05 bits per heavy atom. The highest BCUT2D eigenvalue weighted by molar-refractivity contribution is 6.08. The first kappa shape index (κ1) is 12.6. The van der Waals surface area contributed by atoms with Crippen molar-refractivity contribution in [3.05, 3.63) is 0 Å². The van der Waals surface area contributed by atoms with E-state index in [0.29, 0.717) is 0 Å². The minimum absolute atomic E-state index is 0.196. The molecule has 0 aromatic carbocycles. The monoisotopic (exact) mass is 267 g/mol. The van der Waals surface area contributed by atoms with Crippen molar-refractivity contribution in [1.82, 2.24) is 4.90 Å². The predicted molar refractivity (Wildman–Crippen MR) is 63.0 cm³/mol. The molecule has 2 bridgehead atoms. The molecule has 0 aromatic heterocycles. The normalized spacial score (nSPS) is 38.2. The van der Waals surface area contributed by atoms with E-state index >= 15 is 0 Å². The predicted octanol–water partition coefficient (Wildman–Crippen LogP) is 0.258. The van der Waals surface area contributed by atoms with Crippen LogP contribution in [0.15, 0.2) is 0 Å². The summed E-state index contributed by atoms with van der Waals surface area (Å²) in [7, 11) is 0. The molecule has 0 aromatic rings. The van der Waals surface area contributed by atoms with E-state index in [9.17, 15) is 19.5 Å². The van der Waals surface area contributed by atoms with Crippen molar-refractivity contribution in [2.75, 3.05) is 0 Å². The summed E-state index contributed by atoms with van der Waals surface area (Å²) in [5, 5.41) is 9.27. The van der Waals surface area contributed by atoms with Crippen LogP contribution in [0, 0.1) is 17.8 Å². The van der Waals surface area contributed by atoms with Crippen LogP contribution in [-0.4, -0.2) is 46.0 Å². The molecule has 0 aliphatic carbocycles. The molecule has 0 saturated carbocycles. The molecule has 3 heterocycles. The molecule has 6 nitrogen and oxygen atoms in total. The first-order valence-electron chi connectivity index (χ1n) is 6.68. The molecule has 5 unspecified atom stereocenters. The van der Waals surface area contributed by atoms with Crippen LogP contribution < -0.4 is 0 Å². The molecule has 19 heavy (non-hydrogen) atoms. The Bertz CT molecular complexity index is 432. The number of hydrogen-bond donors (Lipinski definition) is 1. The quantitative estimate of drug-likeness (QED) is 0.741. The number of hydrogen-bond acceptors (Lipinski definition) is 4. The maximum Gasteiger partial charge on any atom is 0.327 e. The van der Waals surface area contributed by atoms with E-state index in [1.54, 1.807) is 13.8 Å². The van der Waals surface area contributed by atoms with Crippen molar-refractivity contribution in [1.29, 1.82) is 0 Å². The van der Waals surface area contributed by atoms with Crippen molar-refractivity contribution >= 4 is 17.8 Å². The van der Waals surface area contributed by atoms with Gasteiger partial charge in [0.25, 0.3) is 0 Å². The molecular weight excluding hydrogens is 250 g/mol. The Balaban J connectivity index is 1.94. The zero-order chi connectivity index (χ0) is 13.9. The van der Waals surface area contributed by atoms with Crippen LogP contribution in [0.3, 0.4) is 0 Å². The molecule has 3 saturated heterocycles. The van der Waals surface area contributed by atoms with E-state index in [-0.39, 0.29) is 29.9 Å². The van der Waals surface area contributed by atoms with E-state index in [1.165, 1.54) is 0 Å². The second-order valence-corrected chi connectivity index (χ2v) is 5.92. The SMILES string of the molecule is CC(C)C(C(=O)O)N1C(=O)C2C3CCC(O3)C2C1=O. The number of aliphatic carboxylic acids is 1. The van der Waals surface area contributed by atoms with Gasteiger partial charge in [-0.05, 0) is 18.8 Å². The summed E-state index contributed by atoms with van der Waals surface area (Å²) >= 11 is 0. The van der Waals surface area contributed by atoms with Crippen molar-refractivity contribution in [3.8, 4) is 0 Å². The van der Waals surface area contributed by atoms with E-state index in [4.69, 9.17) is 4.74 Å². The molecular formula is C13H17NO5. The van der Waals surface area contributed by atoms with E-state index in [0.717, 1.165) is 17.7 Å². The summed E-state index contributed by atoms with van der Waals surface area (Å²) in [5.41, 5.74) is 0. The average molecular weight is 267 g/mol. The lowest BCUT2D eigenvalue weighted by Crippen LogP contribution is -2.49. The summed E-state index contributed by atoms with van der Waals surface area (Å²) in [5.74, 6) is -3.04. The lowest BCUT2D eigenvalue weighted by Gasteiger charge is -2.27. The van der Waals surface area contributed by atoms with Gasteiger partial charge >= 0.3 is 5.97 Å². The molecule has 2 amide bonds. The molecule has 104 valence electrons. The number of nitrogens with zero attached hydrogens (tertiary/aromatic N) is 1. The maximum absolute atomic E-state index is 12.4. The second-order valence-electron chi connectivity index (χ2n) is 5.92. The lowest BCUT2D eigenvalue weighted by atomic mass is 9.81. The van der Waals surface area contributed by atoms with Crippen molar-refractivity contribution in [2.24, 2.45) is 17.8 Å². The van der Waals surface area contributed by atoms with E-state index in [1.807, 2.05) is 0 Å². The van der Waals surface area contributed by atoms with Crippen LogP contribution in [0.5, 0.6) is 0 Å². The number of carbonyl (C=O) groups excluding carboxylic acids is 2. The minimum atomic E-state index is -1.12. The van der Waals surface area contributed by atoms with Gasteiger partial charge in [-0.2, -0.15) is 0 Å². The standard InChI is InChI=1S/C13H17NO5/c1-5(2)10(13(17)18)14-11(15)8-6-3-4-7(19-6)9(8)12(14)16/h5-10H,3-4H2,1-2H3,(H,17,18). The number of rotatable bonds is 3. The number of carbonyl (C=O) groups is 3. The number of ether oxygens (including phenoxy) is 1. The highest BCUT2D eigenvalue weighted by atomic mass is 16.5. The number of carboxylic acids is 1. The van der Waals surface area contributed by atoms with Gasteiger partial charge in [0.1, 0.15) is 6.04 Å². The number of amides is 2. The highest BCUT2D eigenvalue weighted by Gasteiger charge is 2.64. The third-order valence-electron chi connectivity index (χ3n) is 4.48. The molecule has 3 aliphatic heterocycles. The van der Waals surface area contributed by atoms with Gasteiger partial charge in [-0.1, -0.05) is 13.8 Å². The summed E-state index contributed by atoms with van der Waals surface area (Å²) in [4.78, 5) is 37.1. The Morgan fingerprint density at radius 2 is 1.68 bits per heavy atom. The summed E-state index contributed by atoms with van der Waals surface area (Å²) < 4.78 is 5.61. The Labute approximate surface area is 110 Å². The molecule has 3 aliphatic rings. The molecule has 3 rings (SSSR count). The van der Waals surface area contributed by atoms with E-state index < -0.39 is 23.8 Å². The van der Waals surface area contributed by atoms with Gasteiger partial charge in [0.05, 0.1) is 24.0 Å². The molecule has 0 spiro atoms. The number of imide groups is 1. The zero-order valence-corrected chi connectivity index (χ0v) is 10.9. The Morgan fingerprint density at radius 1 is 1.21 bits per heavy atom. The van der Waals surface area contributed by atoms with Crippen molar-refractivity contribution in [2.45, 2.75) is 44.9 Å². The zero-order valence-electron chi connectivity index (χ0n) is 10.9. The summed E-state index contributed by atoms with van der Waals surface area (Å²) in [6, 6.07) is -1.06. The van der Waals surface area contributed by atoms with Gasteiger partial charge in [0.2, 0.25) is 11.8 Å². The van der Waals surface area contributed by atoms with Gasteiger partial charge in [0.15, 0.2) is 0 Å². The first-order valence-corrected chi connectivity index (χ1v) is 6.68. The van der Waals surface area contributed by atoms with Crippen LogP contribution in [0.25, 0.3) is 0 Å². The summed E-state index contributed by atoms with van der Waals surface area (Å²) in [6.07, 6.45) is 1.19. The molecule has 3 fully saturated rings. The number of carboxylic acid groups (broad SMARTS) is 1. The van der Waals surface area contributed by atoms with Gasteiger partial charge in [-0.3, -0.25) is 14.5 Å². The van der Waals surface area contributed by atoms with Crippen LogP contribution in [0.4, 0.5) is 0 Å². The smallest absolute Gasteiger partial charge is 0.327 e. The van der Waals surface area contributed by atoms with Crippen LogP contribution in [-0.2, 0) is 19.1 Å². The topological polar surface area (TPSA) is 83.9 Å². The Kier molecular flexibility index (Phi) is 2.67. The van der Waals surface area contributed by atoms with Crippen LogP contribution >= 0.6 is 0 Å². The lowest BCUT2D eigenvalue weighted by molar-refractivity contribution is -0.158. The third kappa shape index (κ3) is 1.55. The van der Waals surface area contributed by atoms with Crippen LogP contribution in [0.2, 0.25) is 0 Å². The largest absolute Gasteiger partial charge is 0.480 e. The second kappa shape index (κ2) is 4.03. The number of fused-ring (bicyclic) bond motifs is 5. The first-order chi connectivity index (χ1) is 8.93. The van der Waals surface area contributed by atoms with Gasteiger partial charge in [-0.15, -0.1) is 0 Å². The fourth-order valence-electron chi connectivity index (χ4n) is 3.70. The fourth-order valence-corrected chi connectivity index (χ4v) is 3.70. The van der Waals surface area contributed by atoms with Crippen molar-refractivity contribution in [3.63, 3.8) is 0 Å². The average Bonchev–Trinajstić information content (AvgIpc) is 2.97. The van der Waals surface area contributed by atoms with Gasteiger partial charge in [0, 0.05) is 0 Å². The minimum Gasteiger partial charge on any atom is -0.480 e. The fraction of sp³-hybridized carbons (Fsp3) is 0.769. The number of likely N-dealkylation sites (tertiary alicyclic amines) is 1. The Hall–Kier alpha value is -1.43. The van der Waals surface area contributed by atoms with Gasteiger partial charge < -0.3 is 9.84 Å². The van der Waals surface area contributed by atoms with Crippen molar-refractivity contribution < 1.29 is 24.2 Å². The van der Waals surface area contributed by atoms with Crippen LogP contribution in [0.1, 0.15) is 26.7 Å². The van der Waals surface area contributed by atoms with Gasteiger partial charge in [-0.25, -0.2) is 4.79 Å². The summed E-state index contributed by atoms with van der Waals surface area (Å²) in [6.45, 7) is 3.41. The molecule has 0 radical (unpaired) electrons.